The lowest BCUT2D eigenvalue weighted by atomic mass is 10.0. The summed E-state index contributed by atoms with van der Waals surface area (Å²) in [5.41, 5.74) is 0. The molecule has 0 aromatic heterocycles. The zero-order chi connectivity index (χ0) is 21.9. The number of ether oxygens (including phenoxy) is 6. The van der Waals surface area contributed by atoms with Crippen LogP contribution in [0.2, 0.25) is 0 Å². The average molecular weight is 406 g/mol. The van der Waals surface area contributed by atoms with Gasteiger partial charge in [-0.3, -0.25) is 24.0 Å². The van der Waals surface area contributed by atoms with Crippen molar-refractivity contribution in [1.29, 1.82) is 0 Å². The lowest BCUT2D eigenvalue weighted by molar-refractivity contribution is -0.205. The Labute approximate surface area is 162 Å². The average Bonchev–Trinajstić information content (AvgIpc) is 2.53. The molecule has 0 rings (SSSR count). The van der Waals surface area contributed by atoms with E-state index in [1.807, 2.05) is 0 Å². The van der Waals surface area contributed by atoms with Gasteiger partial charge < -0.3 is 28.4 Å². The minimum Gasteiger partial charge on any atom is -0.462 e. The van der Waals surface area contributed by atoms with E-state index < -0.39 is 60.9 Å². The second kappa shape index (κ2) is 12.7. The molecule has 0 aliphatic heterocycles. The molecule has 0 N–H and O–H groups in total. The summed E-state index contributed by atoms with van der Waals surface area (Å²) in [6.45, 7) is 4.78. The van der Waals surface area contributed by atoms with E-state index in [1.165, 1.54) is 7.11 Å². The molecule has 0 aliphatic carbocycles. The predicted octanol–water partition coefficient (Wildman–Crippen LogP) is -0.0773. The van der Waals surface area contributed by atoms with Crippen molar-refractivity contribution in [3.63, 3.8) is 0 Å². The molecule has 0 aromatic rings. The molecule has 0 heterocycles. The van der Waals surface area contributed by atoms with Crippen LogP contribution in [0.4, 0.5) is 0 Å². The molecule has 0 amide bonds. The molecular formula is C17H26O11. The zero-order valence-electron chi connectivity index (χ0n) is 16.7. The maximum Gasteiger partial charge on any atom is 0.303 e. The first-order valence-corrected chi connectivity index (χ1v) is 8.29. The second-order valence-electron chi connectivity index (χ2n) is 5.70. The number of esters is 5. The topological polar surface area (TPSA) is 141 Å². The van der Waals surface area contributed by atoms with E-state index in [9.17, 15) is 24.0 Å². The highest BCUT2D eigenvalue weighted by molar-refractivity contribution is 5.69. The summed E-state index contributed by atoms with van der Waals surface area (Å²) in [4.78, 5) is 57.3. The van der Waals surface area contributed by atoms with Gasteiger partial charge in [0.05, 0.1) is 6.61 Å². The molecule has 28 heavy (non-hydrogen) atoms. The lowest BCUT2D eigenvalue weighted by Gasteiger charge is -2.35. The van der Waals surface area contributed by atoms with Crippen LogP contribution in [0.3, 0.4) is 0 Å². The first-order valence-electron chi connectivity index (χ1n) is 8.29. The molecule has 11 heteroatoms. The Morgan fingerprint density at radius 2 is 0.929 bits per heavy atom. The van der Waals surface area contributed by atoms with Crippen molar-refractivity contribution in [2.45, 2.75) is 59.0 Å². The number of methoxy groups -OCH3 is 1. The van der Waals surface area contributed by atoms with Crippen molar-refractivity contribution >= 4 is 29.8 Å². The Hall–Kier alpha value is -2.69. The minimum atomic E-state index is -1.45. The van der Waals surface area contributed by atoms with Crippen LogP contribution in [-0.2, 0) is 52.4 Å². The molecule has 11 nitrogen and oxygen atoms in total. The van der Waals surface area contributed by atoms with Gasteiger partial charge in [-0.1, -0.05) is 0 Å². The lowest BCUT2D eigenvalue weighted by Crippen LogP contribution is -2.54. The first kappa shape index (κ1) is 25.3. The Morgan fingerprint density at radius 1 is 0.571 bits per heavy atom. The summed E-state index contributed by atoms with van der Waals surface area (Å²) >= 11 is 0. The van der Waals surface area contributed by atoms with Crippen LogP contribution in [0.1, 0.15) is 34.6 Å². The van der Waals surface area contributed by atoms with Crippen LogP contribution in [0.5, 0.6) is 0 Å². The Bertz CT molecular complexity index is 571. The first-order chi connectivity index (χ1) is 13.0. The van der Waals surface area contributed by atoms with E-state index in [0.29, 0.717) is 0 Å². The third kappa shape index (κ3) is 10.5. The fraction of sp³-hybridized carbons (Fsp3) is 0.706. The van der Waals surface area contributed by atoms with Crippen molar-refractivity contribution < 1.29 is 52.4 Å². The van der Waals surface area contributed by atoms with E-state index in [1.54, 1.807) is 0 Å². The quantitative estimate of drug-likeness (QED) is 0.336. The van der Waals surface area contributed by atoms with Crippen molar-refractivity contribution in [3.8, 4) is 0 Å². The summed E-state index contributed by atoms with van der Waals surface area (Å²) in [6, 6.07) is 0. The highest BCUT2D eigenvalue weighted by Gasteiger charge is 2.43. The van der Waals surface area contributed by atoms with E-state index in [0.717, 1.165) is 34.6 Å². The fourth-order valence-corrected chi connectivity index (χ4v) is 2.27. The van der Waals surface area contributed by atoms with Crippen LogP contribution in [0.15, 0.2) is 0 Å². The Balaban J connectivity index is 6.06. The third-order valence-corrected chi connectivity index (χ3v) is 3.08. The second-order valence-corrected chi connectivity index (χ2v) is 5.70. The molecule has 0 saturated heterocycles. The normalized spacial score (nSPS) is 14.6. The molecule has 0 radical (unpaired) electrons. The highest BCUT2D eigenvalue weighted by Crippen LogP contribution is 2.20. The molecule has 160 valence electrons. The van der Waals surface area contributed by atoms with Gasteiger partial charge in [-0.2, -0.15) is 0 Å². The monoisotopic (exact) mass is 406 g/mol. The van der Waals surface area contributed by atoms with Gasteiger partial charge in [0.25, 0.3) is 0 Å². The van der Waals surface area contributed by atoms with Crippen molar-refractivity contribution in [3.05, 3.63) is 0 Å². The van der Waals surface area contributed by atoms with Crippen molar-refractivity contribution in [1.82, 2.24) is 0 Å². The summed E-state index contributed by atoms with van der Waals surface area (Å²) in [5, 5.41) is 0. The van der Waals surface area contributed by atoms with Crippen LogP contribution >= 0.6 is 0 Å². The molecule has 0 bridgehead atoms. The van der Waals surface area contributed by atoms with E-state index in [4.69, 9.17) is 28.4 Å². The van der Waals surface area contributed by atoms with Gasteiger partial charge in [-0.15, -0.1) is 0 Å². The van der Waals surface area contributed by atoms with Crippen LogP contribution in [0, 0.1) is 0 Å². The molecular weight excluding hydrogens is 380 g/mol. The highest BCUT2D eigenvalue weighted by atomic mass is 16.6. The summed E-state index contributed by atoms with van der Waals surface area (Å²) < 4.78 is 30.4. The van der Waals surface area contributed by atoms with Gasteiger partial charge in [0.2, 0.25) is 0 Å². The SMILES string of the molecule is COCC(OC(C)=O)C(OC(C)=O)C(OC(C)=O)C(COC(C)=O)OC(C)=O. The minimum absolute atomic E-state index is 0.227. The number of hydrogen-bond donors (Lipinski definition) is 0. The number of rotatable bonds is 11. The standard InChI is InChI=1S/C17H26O11/c1-9(18)24-8-15(26-11(3)20)17(28-13(5)22)16(27-12(4)21)14(7-23-6)25-10(2)19/h14-17H,7-8H2,1-6H3. The maximum absolute atomic E-state index is 11.6. The molecule has 0 saturated carbocycles. The fourth-order valence-electron chi connectivity index (χ4n) is 2.27. The van der Waals surface area contributed by atoms with Gasteiger partial charge in [-0.05, 0) is 0 Å². The van der Waals surface area contributed by atoms with Gasteiger partial charge in [0.15, 0.2) is 24.4 Å². The van der Waals surface area contributed by atoms with E-state index in [-0.39, 0.29) is 6.61 Å². The van der Waals surface area contributed by atoms with Crippen molar-refractivity contribution in [2.75, 3.05) is 20.3 Å². The summed E-state index contributed by atoms with van der Waals surface area (Å²) in [7, 11) is 1.31. The molecule has 4 unspecified atom stereocenters. The van der Waals surface area contributed by atoms with Crippen molar-refractivity contribution in [2.24, 2.45) is 0 Å². The molecule has 0 aromatic carbocycles. The van der Waals surface area contributed by atoms with Gasteiger partial charge in [0, 0.05) is 41.7 Å². The largest absolute Gasteiger partial charge is 0.462 e. The molecule has 0 spiro atoms. The molecule has 0 fully saturated rings. The van der Waals surface area contributed by atoms with Crippen LogP contribution < -0.4 is 0 Å². The van der Waals surface area contributed by atoms with Crippen LogP contribution in [0.25, 0.3) is 0 Å². The van der Waals surface area contributed by atoms with E-state index >= 15 is 0 Å². The predicted molar refractivity (Wildman–Crippen MR) is 90.7 cm³/mol. The van der Waals surface area contributed by atoms with E-state index in [2.05, 4.69) is 0 Å². The number of carbonyl (C=O) groups is 5. The number of hydrogen-bond acceptors (Lipinski definition) is 11. The number of carbonyl (C=O) groups excluding carboxylic acids is 5. The van der Waals surface area contributed by atoms with Gasteiger partial charge in [-0.25, -0.2) is 0 Å². The Morgan fingerprint density at radius 3 is 1.21 bits per heavy atom. The summed E-state index contributed by atoms with van der Waals surface area (Å²) in [5.74, 6) is -3.77. The smallest absolute Gasteiger partial charge is 0.303 e. The maximum atomic E-state index is 11.6. The molecule has 4 atom stereocenters. The third-order valence-electron chi connectivity index (χ3n) is 3.08. The zero-order valence-corrected chi connectivity index (χ0v) is 16.7. The summed E-state index contributed by atoms with van der Waals surface area (Å²) in [6.07, 6.45) is -5.41. The van der Waals surface area contributed by atoms with Gasteiger partial charge in [0.1, 0.15) is 6.61 Å². The van der Waals surface area contributed by atoms with Crippen LogP contribution in [-0.4, -0.2) is 74.6 Å². The molecule has 0 aliphatic rings. The van der Waals surface area contributed by atoms with Gasteiger partial charge >= 0.3 is 29.8 Å². The Kier molecular flexibility index (Phi) is 11.4.